The summed E-state index contributed by atoms with van der Waals surface area (Å²) < 4.78 is 5.90. The summed E-state index contributed by atoms with van der Waals surface area (Å²) in [7, 11) is 0. The summed E-state index contributed by atoms with van der Waals surface area (Å²) in [5, 5.41) is 12.6. The van der Waals surface area contributed by atoms with Gasteiger partial charge in [0.25, 0.3) is 0 Å². The monoisotopic (exact) mass is 294 g/mol. The molecule has 0 bridgehead atoms. The maximum absolute atomic E-state index is 12.6. The number of aliphatic hydroxyl groups excluding tert-OH is 1. The zero-order valence-electron chi connectivity index (χ0n) is 12.6. The zero-order valence-corrected chi connectivity index (χ0v) is 12.6. The summed E-state index contributed by atoms with van der Waals surface area (Å²) in [6.45, 7) is 2.58. The minimum absolute atomic E-state index is 0.0785. The molecule has 118 valence electrons. The van der Waals surface area contributed by atoms with E-state index in [-0.39, 0.29) is 24.0 Å². The van der Waals surface area contributed by atoms with Crippen molar-refractivity contribution >= 4 is 6.03 Å². The number of rotatable bonds is 2. The summed E-state index contributed by atoms with van der Waals surface area (Å²) in [6, 6.07) is 0.399. The van der Waals surface area contributed by atoms with E-state index in [4.69, 9.17) is 4.74 Å². The van der Waals surface area contributed by atoms with Crippen molar-refractivity contribution in [1.82, 2.24) is 10.2 Å². The van der Waals surface area contributed by atoms with E-state index in [1.54, 1.807) is 0 Å². The Bertz CT molecular complexity index is 424. The molecule has 4 atom stereocenters. The molecule has 2 aliphatic heterocycles. The van der Waals surface area contributed by atoms with Crippen LogP contribution in [0, 0.1) is 17.3 Å². The second-order valence-corrected chi connectivity index (χ2v) is 7.39. The molecular weight excluding hydrogens is 268 g/mol. The summed E-state index contributed by atoms with van der Waals surface area (Å²) in [6.07, 6.45) is 7.22. The van der Waals surface area contributed by atoms with Crippen molar-refractivity contribution in [1.29, 1.82) is 0 Å². The van der Waals surface area contributed by atoms with E-state index >= 15 is 0 Å². The smallest absolute Gasteiger partial charge is 0.317 e. The quantitative estimate of drug-likeness (QED) is 0.808. The fourth-order valence-corrected chi connectivity index (χ4v) is 5.08. The highest BCUT2D eigenvalue weighted by Crippen LogP contribution is 2.62. The maximum Gasteiger partial charge on any atom is 0.317 e. The van der Waals surface area contributed by atoms with E-state index in [9.17, 15) is 9.90 Å². The van der Waals surface area contributed by atoms with Gasteiger partial charge in [-0.15, -0.1) is 0 Å². The van der Waals surface area contributed by atoms with Gasteiger partial charge in [0.1, 0.15) is 0 Å². The SMILES string of the molecule is O=C(NC1C2CCOC2C12CCC2)N1CCCC(CO)C1. The molecule has 2 heterocycles. The normalized spacial score (nSPS) is 40.3. The predicted octanol–water partition coefficient (Wildman–Crippen LogP) is 1.36. The number of piperidine rings is 1. The third-order valence-electron chi connectivity index (χ3n) is 6.38. The third-order valence-corrected chi connectivity index (χ3v) is 6.38. The Labute approximate surface area is 126 Å². The van der Waals surface area contributed by atoms with Crippen molar-refractivity contribution in [2.75, 3.05) is 26.3 Å². The molecule has 2 saturated heterocycles. The van der Waals surface area contributed by atoms with Crippen LogP contribution in [0.5, 0.6) is 0 Å². The second-order valence-electron chi connectivity index (χ2n) is 7.39. The van der Waals surface area contributed by atoms with Gasteiger partial charge in [0.2, 0.25) is 0 Å². The lowest BCUT2D eigenvalue weighted by molar-refractivity contribution is -0.172. The number of amides is 2. The number of hydrogen-bond acceptors (Lipinski definition) is 3. The van der Waals surface area contributed by atoms with E-state index in [1.165, 1.54) is 19.3 Å². The van der Waals surface area contributed by atoms with Gasteiger partial charge in [-0.25, -0.2) is 4.79 Å². The van der Waals surface area contributed by atoms with Crippen LogP contribution < -0.4 is 5.32 Å². The third kappa shape index (κ3) is 2.00. The van der Waals surface area contributed by atoms with Gasteiger partial charge in [-0.3, -0.25) is 0 Å². The van der Waals surface area contributed by atoms with Crippen molar-refractivity contribution in [3.63, 3.8) is 0 Å². The number of likely N-dealkylation sites (tertiary alicyclic amines) is 1. The van der Waals surface area contributed by atoms with Gasteiger partial charge >= 0.3 is 6.03 Å². The van der Waals surface area contributed by atoms with Gasteiger partial charge in [-0.2, -0.15) is 0 Å². The van der Waals surface area contributed by atoms with Crippen LogP contribution in [0.25, 0.3) is 0 Å². The highest BCUT2D eigenvalue weighted by atomic mass is 16.5. The molecule has 4 unspecified atom stereocenters. The molecule has 4 aliphatic rings. The first kappa shape index (κ1) is 13.8. The van der Waals surface area contributed by atoms with Gasteiger partial charge in [0.15, 0.2) is 0 Å². The molecule has 2 saturated carbocycles. The predicted molar refractivity (Wildman–Crippen MR) is 77.8 cm³/mol. The van der Waals surface area contributed by atoms with Crippen molar-refractivity contribution in [2.45, 2.75) is 50.7 Å². The number of carbonyl (C=O) groups excluding carboxylic acids is 1. The molecule has 0 aromatic rings. The Morgan fingerprint density at radius 2 is 2.19 bits per heavy atom. The minimum atomic E-state index is 0.0785. The molecular formula is C16H26N2O3. The first-order valence-electron chi connectivity index (χ1n) is 8.52. The Morgan fingerprint density at radius 3 is 2.90 bits per heavy atom. The number of carbonyl (C=O) groups is 1. The maximum atomic E-state index is 12.6. The highest BCUT2D eigenvalue weighted by molar-refractivity contribution is 5.75. The van der Waals surface area contributed by atoms with Gasteiger partial charge in [-0.1, -0.05) is 6.42 Å². The van der Waals surface area contributed by atoms with Crippen LogP contribution in [0.2, 0.25) is 0 Å². The first-order chi connectivity index (χ1) is 10.2. The molecule has 0 aromatic heterocycles. The van der Waals surface area contributed by atoms with Gasteiger partial charge in [0.05, 0.1) is 6.10 Å². The number of nitrogens with one attached hydrogen (secondary N) is 1. The van der Waals surface area contributed by atoms with E-state index in [0.717, 1.165) is 32.4 Å². The summed E-state index contributed by atoms with van der Waals surface area (Å²) in [5.41, 5.74) is 0.253. The number of ether oxygens (including phenoxy) is 1. The average molecular weight is 294 g/mol. The molecule has 4 rings (SSSR count). The van der Waals surface area contributed by atoms with Crippen LogP contribution in [-0.2, 0) is 4.74 Å². The number of aliphatic hydroxyl groups is 1. The Morgan fingerprint density at radius 1 is 1.33 bits per heavy atom. The minimum Gasteiger partial charge on any atom is -0.396 e. The molecule has 0 radical (unpaired) electrons. The van der Waals surface area contributed by atoms with Crippen LogP contribution >= 0.6 is 0 Å². The highest BCUT2D eigenvalue weighted by Gasteiger charge is 2.67. The van der Waals surface area contributed by atoms with Crippen molar-refractivity contribution in [3.05, 3.63) is 0 Å². The molecule has 2 N–H and O–H groups in total. The standard InChI is InChI=1S/C16H26N2O3/c19-10-11-3-1-7-18(9-11)15(20)17-13-12-4-8-21-14(12)16(13)5-2-6-16/h11-14,19H,1-10H2,(H,17,20). The van der Waals surface area contributed by atoms with E-state index in [0.29, 0.717) is 24.6 Å². The molecule has 2 amide bonds. The summed E-state index contributed by atoms with van der Waals surface area (Å²) in [5.74, 6) is 0.791. The Balaban J connectivity index is 1.40. The van der Waals surface area contributed by atoms with Gasteiger partial charge < -0.3 is 20.1 Å². The molecule has 1 spiro atoms. The van der Waals surface area contributed by atoms with Crippen molar-refractivity contribution in [3.8, 4) is 0 Å². The molecule has 21 heavy (non-hydrogen) atoms. The lowest BCUT2D eigenvalue weighted by atomic mass is 9.46. The van der Waals surface area contributed by atoms with Crippen LogP contribution in [0.4, 0.5) is 4.79 Å². The molecule has 5 nitrogen and oxygen atoms in total. The number of fused-ring (bicyclic) bond motifs is 2. The van der Waals surface area contributed by atoms with Gasteiger partial charge in [0, 0.05) is 43.7 Å². The van der Waals surface area contributed by atoms with Crippen LogP contribution in [0.15, 0.2) is 0 Å². The lowest BCUT2D eigenvalue weighted by Crippen LogP contribution is -2.72. The van der Waals surface area contributed by atoms with E-state index in [2.05, 4.69) is 5.32 Å². The van der Waals surface area contributed by atoms with Crippen LogP contribution in [0.3, 0.4) is 0 Å². The summed E-state index contributed by atoms with van der Waals surface area (Å²) in [4.78, 5) is 14.5. The molecule has 5 heteroatoms. The van der Waals surface area contributed by atoms with Crippen LogP contribution in [0.1, 0.15) is 38.5 Å². The molecule has 2 aliphatic carbocycles. The fraction of sp³-hybridized carbons (Fsp3) is 0.938. The van der Waals surface area contributed by atoms with Crippen molar-refractivity contribution in [2.24, 2.45) is 17.3 Å². The fourth-order valence-electron chi connectivity index (χ4n) is 5.08. The first-order valence-corrected chi connectivity index (χ1v) is 8.52. The van der Waals surface area contributed by atoms with Crippen molar-refractivity contribution < 1.29 is 14.6 Å². The number of nitrogens with zero attached hydrogens (tertiary/aromatic N) is 1. The van der Waals surface area contributed by atoms with E-state index < -0.39 is 0 Å². The average Bonchev–Trinajstić information content (AvgIpc) is 2.88. The molecule has 0 aromatic carbocycles. The largest absolute Gasteiger partial charge is 0.396 e. The Hall–Kier alpha value is -0.810. The lowest BCUT2D eigenvalue weighted by Gasteiger charge is -2.63. The topological polar surface area (TPSA) is 61.8 Å². The molecule has 4 fully saturated rings. The summed E-state index contributed by atoms with van der Waals surface area (Å²) >= 11 is 0. The van der Waals surface area contributed by atoms with E-state index in [1.807, 2.05) is 4.90 Å². The number of urea groups is 1. The van der Waals surface area contributed by atoms with Gasteiger partial charge in [-0.05, 0) is 38.0 Å². The van der Waals surface area contributed by atoms with Crippen LogP contribution in [-0.4, -0.2) is 54.5 Å². The second kappa shape index (κ2) is 5.13. The number of hydrogen-bond donors (Lipinski definition) is 2. The Kier molecular flexibility index (Phi) is 3.38. The zero-order chi connectivity index (χ0) is 14.4.